The van der Waals surface area contributed by atoms with Crippen molar-refractivity contribution in [3.8, 4) is 70.1 Å². The summed E-state index contributed by atoms with van der Waals surface area (Å²) < 4.78 is 11.1. The third-order valence-corrected chi connectivity index (χ3v) is 4.68. The monoisotopic (exact) mass is 416 g/mol. The summed E-state index contributed by atoms with van der Waals surface area (Å²) in [6.07, 6.45) is 10.6. The first-order valence-corrected chi connectivity index (χ1v) is 10.0. The second-order valence-electron chi connectivity index (χ2n) is 6.87. The first kappa shape index (κ1) is 20.7. The van der Waals surface area contributed by atoms with E-state index in [1.807, 2.05) is 84.9 Å². The topological polar surface area (TPSA) is 44.2 Å². The first-order chi connectivity index (χ1) is 15.8. The van der Waals surface area contributed by atoms with E-state index in [1.165, 1.54) is 0 Å². The zero-order valence-electron chi connectivity index (χ0n) is 17.4. The SMILES string of the molecule is C#CCOc1ccc(-c2cc(-c3cccc(OCC#C)c3)nc(-c3ccccc3)n2)cc1. The molecule has 154 valence electrons. The molecule has 0 bridgehead atoms. The van der Waals surface area contributed by atoms with Gasteiger partial charge in [0.25, 0.3) is 0 Å². The number of nitrogens with zero attached hydrogens (tertiary/aromatic N) is 2. The Labute approximate surface area is 187 Å². The van der Waals surface area contributed by atoms with Gasteiger partial charge in [0.2, 0.25) is 0 Å². The highest BCUT2D eigenvalue weighted by Gasteiger charge is 2.11. The molecule has 1 aromatic heterocycles. The fraction of sp³-hybridized carbons (Fsp3) is 0.0714. The van der Waals surface area contributed by atoms with Gasteiger partial charge in [0.15, 0.2) is 5.82 Å². The van der Waals surface area contributed by atoms with Gasteiger partial charge in [-0.2, -0.15) is 0 Å². The van der Waals surface area contributed by atoms with Crippen LogP contribution in [0.2, 0.25) is 0 Å². The molecule has 4 heteroatoms. The Morgan fingerprint density at radius 2 is 1.22 bits per heavy atom. The summed E-state index contributed by atoms with van der Waals surface area (Å²) in [6.45, 7) is 0.440. The van der Waals surface area contributed by atoms with Crippen molar-refractivity contribution < 1.29 is 9.47 Å². The molecule has 0 aliphatic heterocycles. The van der Waals surface area contributed by atoms with Crippen LogP contribution in [-0.2, 0) is 0 Å². The van der Waals surface area contributed by atoms with Crippen LogP contribution in [0.15, 0.2) is 84.9 Å². The molecule has 4 nitrogen and oxygen atoms in total. The summed E-state index contributed by atoms with van der Waals surface area (Å²) >= 11 is 0. The number of hydrogen-bond donors (Lipinski definition) is 0. The standard InChI is InChI=1S/C28H20N2O2/c1-3-17-31-24-15-13-21(14-16-24)26-20-27(23-11-8-12-25(19-23)32-18-4-2)30-28(29-26)22-9-6-5-7-10-22/h1-2,5-16,19-20H,17-18H2. The van der Waals surface area contributed by atoms with Crippen LogP contribution in [0.5, 0.6) is 11.5 Å². The molecule has 0 atom stereocenters. The van der Waals surface area contributed by atoms with Gasteiger partial charge >= 0.3 is 0 Å². The number of benzene rings is 3. The molecular formula is C28H20N2O2. The molecule has 0 aliphatic rings. The average molecular weight is 416 g/mol. The van der Waals surface area contributed by atoms with E-state index in [9.17, 15) is 0 Å². The van der Waals surface area contributed by atoms with E-state index in [0.29, 0.717) is 17.3 Å². The molecule has 4 rings (SSSR count). The van der Waals surface area contributed by atoms with E-state index in [4.69, 9.17) is 32.3 Å². The summed E-state index contributed by atoms with van der Waals surface area (Å²) in [5, 5.41) is 0. The van der Waals surface area contributed by atoms with E-state index >= 15 is 0 Å². The molecule has 4 aromatic rings. The highest BCUT2D eigenvalue weighted by Crippen LogP contribution is 2.30. The average Bonchev–Trinajstić information content (AvgIpc) is 2.87. The van der Waals surface area contributed by atoms with Crippen LogP contribution >= 0.6 is 0 Å². The Hall–Kier alpha value is -4.54. The minimum Gasteiger partial charge on any atom is -0.481 e. The lowest BCUT2D eigenvalue weighted by Crippen LogP contribution is -1.97. The van der Waals surface area contributed by atoms with Crippen LogP contribution in [0.4, 0.5) is 0 Å². The maximum Gasteiger partial charge on any atom is 0.160 e. The lowest BCUT2D eigenvalue weighted by molar-refractivity contribution is 0.370. The Morgan fingerprint density at radius 1 is 0.594 bits per heavy atom. The molecule has 0 aliphatic carbocycles. The van der Waals surface area contributed by atoms with Crippen molar-refractivity contribution in [2.75, 3.05) is 13.2 Å². The third-order valence-electron chi connectivity index (χ3n) is 4.68. The highest BCUT2D eigenvalue weighted by atomic mass is 16.5. The van der Waals surface area contributed by atoms with Crippen molar-refractivity contribution >= 4 is 0 Å². The predicted octanol–water partition coefficient (Wildman–Crippen LogP) is 5.50. The number of terminal acetylenes is 2. The summed E-state index contributed by atoms with van der Waals surface area (Å²) in [6, 6.07) is 27.2. The van der Waals surface area contributed by atoms with Gasteiger partial charge in [-0.15, -0.1) is 12.8 Å². The minimum absolute atomic E-state index is 0.210. The van der Waals surface area contributed by atoms with E-state index < -0.39 is 0 Å². The van der Waals surface area contributed by atoms with E-state index in [-0.39, 0.29) is 13.2 Å². The largest absolute Gasteiger partial charge is 0.481 e. The molecule has 0 unspecified atom stereocenters. The lowest BCUT2D eigenvalue weighted by Gasteiger charge is -2.11. The van der Waals surface area contributed by atoms with Crippen molar-refractivity contribution in [3.05, 3.63) is 84.9 Å². The van der Waals surface area contributed by atoms with Gasteiger partial charge in [-0.25, -0.2) is 9.97 Å². The van der Waals surface area contributed by atoms with Gasteiger partial charge in [0.05, 0.1) is 11.4 Å². The summed E-state index contributed by atoms with van der Waals surface area (Å²) in [5.41, 5.74) is 4.37. The van der Waals surface area contributed by atoms with Crippen LogP contribution in [0.1, 0.15) is 0 Å². The fourth-order valence-electron chi connectivity index (χ4n) is 3.18. The quantitative estimate of drug-likeness (QED) is 0.373. The van der Waals surface area contributed by atoms with Crippen LogP contribution in [0.3, 0.4) is 0 Å². The lowest BCUT2D eigenvalue weighted by atomic mass is 10.1. The Morgan fingerprint density at radius 3 is 1.91 bits per heavy atom. The molecule has 0 spiro atoms. The molecule has 0 N–H and O–H groups in total. The maximum absolute atomic E-state index is 5.59. The number of rotatable bonds is 7. The number of hydrogen-bond acceptors (Lipinski definition) is 4. The van der Waals surface area contributed by atoms with Gasteiger partial charge in [-0.1, -0.05) is 54.3 Å². The van der Waals surface area contributed by atoms with E-state index in [2.05, 4.69) is 11.8 Å². The van der Waals surface area contributed by atoms with Crippen molar-refractivity contribution in [2.45, 2.75) is 0 Å². The minimum atomic E-state index is 0.210. The zero-order chi connectivity index (χ0) is 22.2. The molecule has 0 amide bonds. The van der Waals surface area contributed by atoms with Gasteiger partial charge in [-0.3, -0.25) is 0 Å². The molecule has 32 heavy (non-hydrogen) atoms. The van der Waals surface area contributed by atoms with Crippen LogP contribution in [-0.4, -0.2) is 23.2 Å². The third kappa shape index (κ3) is 4.95. The maximum atomic E-state index is 5.59. The molecule has 3 aromatic carbocycles. The Balaban J connectivity index is 1.77. The highest BCUT2D eigenvalue weighted by molar-refractivity contribution is 5.72. The molecule has 1 heterocycles. The summed E-state index contributed by atoms with van der Waals surface area (Å²) in [4.78, 5) is 9.65. The van der Waals surface area contributed by atoms with E-state index in [1.54, 1.807) is 0 Å². The normalized spacial score (nSPS) is 10.1. The van der Waals surface area contributed by atoms with Crippen molar-refractivity contribution in [1.29, 1.82) is 0 Å². The molecule has 0 fully saturated rings. The van der Waals surface area contributed by atoms with Crippen molar-refractivity contribution in [1.82, 2.24) is 9.97 Å². The van der Waals surface area contributed by atoms with Gasteiger partial charge in [-0.05, 0) is 42.5 Å². The predicted molar refractivity (Wildman–Crippen MR) is 127 cm³/mol. The smallest absolute Gasteiger partial charge is 0.160 e. The van der Waals surface area contributed by atoms with Crippen LogP contribution < -0.4 is 9.47 Å². The first-order valence-electron chi connectivity index (χ1n) is 10.0. The van der Waals surface area contributed by atoms with Crippen molar-refractivity contribution in [3.63, 3.8) is 0 Å². The Kier molecular flexibility index (Phi) is 6.46. The van der Waals surface area contributed by atoms with Crippen molar-refractivity contribution in [2.24, 2.45) is 0 Å². The van der Waals surface area contributed by atoms with Crippen LogP contribution in [0.25, 0.3) is 33.9 Å². The molecule has 0 saturated heterocycles. The van der Waals surface area contributed by atoms with Gasteiger partial charge < -0.3 is 9.47 Å². The van der Waals surface area contributed by atoms with Crippen LogP contribution in [0, 0.1) is 24.7 Å². The number of aromatic nitrogens is 2. The van der Waals surface area contributed by atoms with Gasteiger partial charge in [0.1, 0.15) is 24.7 Å². The zero-order valence-corrected chi connectivity index (χ0v) is 17.4. The molecular weight excluding hydrogens is 396 g/mol. The Bertz CT molecular complexity index is 1280. The fourth-order valence-corrected chi connectivity index (χ4v) is 3.18. The van der Waals surface area contributed by atoms with E-state index in [0.717, 1.165) is 28.1 Å². The summed E-state index contributed by atoms with van der Waals surface area (Å²) in [5.74, 6) is 6.99. The summed E-state index contributed by atoms with van der Waals surface area (Å²) in [7, 11) is 0. The second-order valence-corrected chi connectivity index (χ2v) is 6.87. The molecule has 0 saturated carbocycles. The molecule has 0 radical (unpaired) electrons. The second kappa shape index (κ2) is 9.98. The number of ether oxygens (including phenoxy) is 2. The van der Waals surface area contributed by atoms with Gasteiger partial charge in [0, 0.05) is 16.7 Å².